The van der Waals surface area contributed by atoms with Crippen LogP contribution < -0.4 is 20.5 Å². The minimum atomic E-state index is -0.383. The number of rotatable bonds is 8. The van der Waals surface area contributed by atoms with Gasteiger partial charge >= 0.3 is 0 Å². The Morgan fingerprint density at radius 2 is 1.63 bits per heavy atom. The highest BCUT2D eigenvalue weighted by molar-refractivity contribution is 6.04. The summed E-state index contributed by atoms with van der Waals surface area (Å²) in [7, 11) is 1.73. The van der Waals surface area contributed by atoms with Crippen LogP contribution in [-0.4, -0.2) is 74.1 Å². The van der Waals surface area contributed by atoms with Crippen molar-refractivity contribution in [3.05, 3.63) is 124 Å². The summed E-state index contributed by atoms with van der Waals surface area (Å²) in [5.41, 5.74) is 9.63. The molecule has 4 aromatic carbocycles. The molecule has 0 radical (unpaired) electrons. The van der Waals surface area contributed by atoms with Crippen LogP contribution in [0.5, 0.6) is 0 Å². The SMILES string of the molecule is CNN1Cc2cc(Cc3ccc(N4CCN(C5CCN(c6ccc(C(=O)Nc7cccc(C)c7)cc6F)CC5)CC4)cc3F)ccc2C1=O. The third kappa shape index (κ3) is 7.02. The van der Waals surface area contributed by atoms with Crippen molar-refractivity contribution in [2.24, 2.45) is 0 Å². The van der Waals surface area contributed by atoms with Crippen LogP contribution in [0.4, 0.5) is 25.8 Å². The molecule has 3 heterocycles. The molecule has 4 aromatic rings. The second-order valence-electron chi connectivity index (χ2n) is 13.3. The van der Waals surface area contributed by atoms with E-state index >= 15 is 8.78 Å². The van der Waals surface area contributed by atoms with Gasteiger partial charge in [-0.2, -0.15) is 0 Å². The van der Waals surface area contributed by atoms with Crippen LogP contribution >= 0.6 is 0 Å². The highest BCUT2D eigenvalue weighted by atomic mass is 19.1. The molecule has 2 amide bonds. The number of carbonyl (C=O) groups excluding carboxylic acids is 2. The third-order valence-corrected chi connectivity index (χ3v) is 10.2. The lowest BCUT2D eigenvalue weighted by Crippen LogP contribution is -2.53. The molecule has 0 spiro atoms. The topological polar surface area (TPSA) is 71.2 Å². The summed E-state index contributed by atoms with van der Waals surface area (Å²) in [6.45, 7) is 7.39. The molecule has 2 N–H and O–H groups in total. The van der Waals surface area contributed by atoms with E-state index in [9.17, 15) is 9.59 Å². The first kappa shape index (κ1) is 32.7. The molecular weight excluding hydrogens is 622 g/mol. The van der Waals surface area contributed by atoms with E-state index in [0.29, 0.717) is 47.1 Å². The lowest BCUT2D eigenvalue weighted by molar-refractivity contribution is 0.0706. The summed E-state index contributed by atoms with van der Waals surface area (Å²) in [6, 6.07) is 24.0. The average Bonchev–Trinajstić information content (AvgIpc) is 3.43. The highest BCUT2D eigenvalue weighted by Gasteiger charge is 2.29. The van der Waals surface area contributed by atoms with Crippen molar-refractivity contribution >= 4 is 28.9 Å². The Kier molecular flexibility index (Phi) is 9.33. The maximum atomic E-state index is 15.3. The zero-order valence-electron chi connectivity index (χ0n) is 28.0. The van der Waals surface area contributed by atoms with E-state index in [1.807, 2.05) is 61.5 Å². The number of nitrogens with one attached hydrogen (secondary N) is 2. The molecule has 3 aliphatic heterocycles. The lowest BCUT2D eigenvalue weighted by Gasteiger charge is -2.44. The van der Waals surface area contributed by atoms with Crippen molar-refractivity contribution in [1.29, 1.82) is 0 Å². The van der Waals surface area contributed by atoms with Crippen molar-refractivity contribution in [3.63, 3.8) is 0 Å². The predicted octanol–water partition coefficient (Wildman–Crippen LogP) is 6.00. The molecule has 2 fully saturated rings. The van der Waals surface area contributed by atoms with Crippen LogP contribution in [-0.2, 0) is 13.0 Å². The minimum Gasteiger partial charge on any atom is -0.369 e. The molecule has 0 saturated carbocycles. The van der Waals surface area contributed by atoms with E-state index in [1.165, 1.54) is 6.07 Å². The summed E-state index contributed by atoms with van der Waals surface area (Å²) < 4.78 is 30.5. The molecule has 0 bridgehead atoms. The summed E-state index contributed by atoms with van der Waals surface area (Å²) in [4.78, 5) is 31.9. The molecule has 0 atom stereocenters. The second-order valence-corrected chi connectivity index (χ2v) is 13.3. The fraction of sp³-hybridized carbons (Fsp3) is 0.333. The molecule has 10 heteroatoms. The van der Waals surface area contributed by atoms with Crippen molar-refractivity contribution < 1.29 is 18.4 Å². The van der Waals surface area contributed by atoms with Crippen LogP contribution in [0.15, 0.2) is 78.9 Å². The molecule has 2 saturated heterocycles. The number of hydrogen-bond acceptors (Lipinski definition) is 6. The van der Waals surface area contributed by atoms with Gasteiger partial charge in [-0.1, -0.05) is 30.3 Å². The Bertz CT molecular complexity index is 1870. The smallest absolute Gasteiger partial charge is 0.268 e. The van der Waals surface area contributed by atoms with Gasteiger partial charge in [0.2, 0.25) is 0 Å². The van der Waals surface area contributed by atoms with Gasteiger partial charge in [-0.3, -0.25) is 19.5 Å². The number of nitrogens with zero attached hydrogens (tertiary/aromatic N) is 4. The van der Waals surface area contributed by atoms with E-state index in [0.717, 1.165) is 74.5 Å². The van der Waals surface area contributed by atoms with Crippen LogP contribution in [0.2, 0.25) is 0 Å². The summed E-state index contributed by atoms with van der Waals surface area (Å²) in [6.07, 6.45) is 2.33. The normalized spacial score (nSPS) is 17.1. The molecule has 0 aliphatic carbocycles. The fourth-order valence-corrected chi connectivity index (χ4v) is 7.41. The first-order valence-corrected chi connectivity index (χ1v) is 17.1. The number of fused-ring (bicyclic) bond motifs is 1. The molecule has 49 heavy (non-hydrogen) atoms. The first-order valence-electron chi connectivity index (χ1n) is 17.1. The molecule has 0 unspecified atom stereocenters. The Hall–Kier alpha value is -4.80. The standard InChI is InChI=1S/C39H42F2N6O2/c1-26-4-3-5-31(20-26)43-38(48)29-8-11-37(36(41)23-29)46-14-12-32(13-15-46)44-16-18-45(19-17-44)33-9-7-28(35(40)24-33)21-27-6-10-34-30(22-27)25-47(42-2)39(34)49/h3-11,20,22-24,32,42H,12-19,21,25H2,1-2H3,(H,43,48). The van der Waals surface area contributed by atoms with E-state index in [2.05, 4.69) is 25.4 Å². The van der Waals surface area contributed by atoms with Gasteiger partial charge in [-0.25, -0.2) is 14.2 Å². The lowest BCUT2D eigenvalue weighted by atomic mass is 9.99. The van der Waals surface area contributed by atoms with Crippen molar-refractivity contribution in [2.75, 3.05) is 61.4 Å². The van der Waals surface area contributed by atoms with Crippen LogP contribution in [0.3, 0.4) is 0 Å². The Labute approximate surface area is 286 Å². The van der Waals surface area contributed by atoms with Crippen LogP contribution in [0, 0.1) is 18.6 Å². The van der Waals surface area contributed by atoms with Gasteiger partial charge in [0.05, 0.1) is 12.2 Å². The number of hydrazine groups is 1. The maximum absolute atomic E-state index is 15.3. The van der Waals surface area contributed by atoms with Gasteiger partial charge in [0, 0.05) is 81.3 Å². The Balaban J connectivity index is 0.895. The molecule has 8 nitrogen and oxygen atoms in total. The Morgan fingerprint density at radius 1 is 0.837 bits per heavy atom. The molecule has 254 valence electrons. The summed E-state index contributed by atoms with van der Waals surface area (Å²) in [5.74, 6) is -0.965. The largest absolute Gasteiger partial charge is 0.369 e. The summed E-state index contributed by atoms with van der Waals surface area (Å²) in [5, 5.41) is 4.42. The van der Waals surface area contributed by atoms with Gasteiger partial charge < -0.3 is 15.1 Å². The van der Waals surface area contributed by atoms with E-state index in [-0.39, 0.29) is 23.4 Å². The zero-order valence-corrected chi connectivity index (χ0v) is 28.0. The van der Waals surface area contributed by atoms with Gasteiger partial charge in [0.15, 0.2) is 0 Å². The van der Waals surface area contributed by atoms with Crippen molar-refractivity contribution in [3.8, 4) is 0 Å². The number of piperazine rings is 1. The van der Waals surface area contributed by atoms with Crippen LogP contribution in [0.25, 0.3) is 0 Å². The molecular formula is C39H42F2N6O2. The van der Waals surface area contributed by atoms with Gasteiger partial charge in [0.1, 0.15) is 11.6 Å². The first-order chi connectivity index (χ1) is 23.7. The molecule has 0 aromatic heterocycles. The summed E-state index contributed by atoms with van der Waals surface area (Å²) >= 11 is 0. The molecule has 7 rings (SSSR count). The number of hydrogen-bond donors (Lipinski definition) is 2. The van der Waals surface area contributed by atoms with Crippen molar-refractivity contribution in [1.82, 2.24) is 15.3 Å². The number of benzene rings is 4. The van der Waals surface area contributed by atoms with Crippen molar-refractivity contribution in [2.45, 2.75) is 38.8 Å². The monoisotopic (exact) mass is 664 g/mol. The van der Waals surface area contributed by atoms with Gasteiger partial charge in [0.25, 0.3) is 11.8 Å². The fourth-order valence-electron chi connectivity index (χ4n) is 7.41. The quantitative estimate of drug-likeness (QED) is 0.241. The second kappa shape index (κ2) is 14.0. The number of piperidine rings is 1. The van der Waals surface area contributed by atoms with Gasteiger partial charge in [-0.05, 0) is 90.6 Å². The number of halogens is 2. The maximum Gasteiger partial charge on any atom is 0.268 e. The predicted molar refractivity (Wildman–Crippen MR) is 189 cm³/mol. The van der Waals surface area contributed by atoms with E-state index < -0.39 is 0 Å². The molecule has 3 aliphatic rings. The number of carbonyl (C=O) groups is 2. The van der Waals surface area contributed by atoms with Gasteiger partial charge in [-0.15, -0.1) is 0 Å². The van der Waals surface area contributed by atoms with Crippen LogP contribution in [0.1, 0.15) is 55.8 Å². The number of amides is 2. The third-order valence-electron chi connectivity index (χ3n) is 10.2. The zero-order chi connectivity index (χ0) is 34.1. The number of aryl methyl sites for hydroxylation is 1. The van der Waals surface area contributed by atoms with E-state index in [1.54, 1.807) is 30.3 Å². The van der Waals surface area contributed by atoms with E-state index in [4.69, 9.17) is 0 Å². The average molecular weight is 665 g/mol. The highest BCUT2D eigenvalue weighted by Crippen LogP contribution is 2.29. The minimum absolute atomic E-state index is 0.0376. The Morgan fingerprint density at radius 3 is 2.35 bits per heavy atom. The number of anilines is 3.